The minimum Gasteiger partial charge on any atom is -0.354 e. The van der Waals surface area contributed by atoms with Gasteiger partial charge in [-0.1, -0.05) is 33.1 Å². The number of anilines is 1. The summed E-state index contributed by atoms with van der Waals surface area (Å²) in [4.78, 5) is 6.30. The first kappa shape index (κ1) is 15.2. The van der Waals surface area contributed by atoms with Crippen molar-refractivity contribution in [2.45, 2.75) is 64.6 Å². The average Bonchev–Trinajstić information content (AvgIpc) is 2.46. The quantitative estimate of drug-likeness (QED) is 0.894. The summed E-state index contributed by atoms with van der Waals surface area (Å²) in [5, 5.41) is 3.26. The maximum absolute atomic E-state index is 14.6. The number of nitrogens with zero attached hydrogens (tertiary/aromatic N) is 2. The molecule has 1 aliphatic rings. The van der Waals surface area contributed by atoms with Gasteiger partial charge < -0.3 is 10.2 Å². The molecule has 0 atom stereocenters. The third-order valence-electron chi connectivity index (χ3n) is 4.11. The molecule has 1 aromatic rings. The van der Waals surface area contributed by atoms with E-state index >= 15 is 0 Å². The summed E-state index contributed by atoms with van der Waals surface area (Å²) < 4.78 is 14.6. The number of hydrogen-bond donors (Lipinski definition) is 1. The summed E-state index contributed by atoms with van der Waals surface area (Å²) in [5.41, 5.74) is 0.700. The highest BCUT2D eigenvalue weighted by molar-refractivity contribution is 5.43. The van der Waals surface area contributed by atoms with Gasteiger partial charge in [0.2, 0.25) is 0 Å². The van der Waals surface area contributed by atoms with Crippen LogP contribution in [0, 0.1) is 5.82 Å². The smallest absolute Gasteiger partial charge is 0.170 e. The summed E-state index contributed by atoms with van der Waals surface area (Å²) in [6.45, 7) is 4.68. The van der Waals surface area contributed by atoms with E-state index in [2.05, 4.69) is 24.1 Å². The van der Waals surface area contributed by atoms with Gasteiger partial charge in [0, 0.05) is 37.4 Å². The zero-order chi connectivity index (χ0) is 14.5. The minimum atomic E-state index is -0.172. The lowest BCUT2D eigenvalue weighted by Crippen LogP contribution is -2.35. The van der Waals surface area contributed by atoms with Crippen LogP contribution in [0.5, 0.6) is 0 Å². The molecule has 20 heavy (non-hydrogen) atoms. The SMILES string of the molecule is CC(C)NCc1ccnc(N(C)C2CCCCC2)c1F. The van der Waals surface area contributed by atoms with Gasteiger partial charge in [-0.25, -0.2) is 9.37 Å². The van der Waals surface area contributed by atoms with Gasteiger partial charge >= 0.3 is 0 Å². The molecule has 1 N–H and O–H groups in total. The average molecular weight is 279 g/mol. The lowest BCUT2D eigenvalue weighted by atomic mass is 9.94. The van der Waals surface area contributed by atoms with Crippen molar-refractivity contribution in [1.29, 1.82) is 0 Å². The van der Waals surface area contributed by atoms with E-state index in [0.717, 1.165) is 12.8 Å². The lowest BCUT2D eigenvalue weighted by Gasteiger charge is -2.32. The Bertz CT molecular complexity index is 428. The van der Waals surface area contributed by atoms with Crippen molar-refractivity contribution < 1.29 is 4.39 Å². The third-order valence-corrected chi connectivity index (χ3v) is 4.11. The fraction of sp³-hybridized carbons (Fsp3) is 0.688. The van der Waals surface area contributed by atoms with E-state index in [1.165, 1.54) is 19.3 Å². The Morgan fingerprint density at radius 1 is 1.35 bits per heavy atom. The largest absolute Gasteiger partial charge is 0.354 e. The van der Waals surface area contributed by atoms with Crippen LogP contribution in [0.2, 0.25) is 0 Å². The first-order valence-electron chi connectivity index (χ1n) is 7.69. The Labute approximate surface area is 121 Å². The van der Waals surface area contributed by atoms with Crippen molar-refractivity contribution in [3.63, 3.8) is 0 Å². The molecule has 4 heteroatoms. The summed E-state index contributed by atoms with van der Waals surface area (Å²) in [5.74, 6) is 0.327. The number of halogens is 1. The molecule has 0 amide bonds. The predicted molar refractivity (Wildman–Crippen MR) is 81.4 cm³/mol. The van der Waals surface area contributed by atoms with Crippen molar-refractivity contribution >= 4 is 5.82 Å². The van der Waals surface area contributed by atoms with Crippen molar-refractivity contribution in [3.8, 4) is 0 Å². The zero-order valence-electron chi connectivity index (χ0n) is 12.8. The topological polar surface area (TPSA) is 28.2 Å². The maximum atomic E-state index is 14.6. The van der Waals surface area contributed by atoms with Crippen LogP contribution in [-0.2, 0) is 6.54 Å². The fourth-order valence-corrected chi connectivity index (χ4v) is 2.81. The molecule has 0 saturated heterocycles. The van der Waals surface area contributed by atoms with Crippen LogP contribution in [0.15, 0.2) is 12.3 Å². The van der Waals surface area contributed by atoms with Crippen molar-refractivity contribution in [2.24, 2.45) is 0 Å². The first-order valence-corrected chi connectivity index (χ1v) is 7.69. The van der Waals surface area contributed by atoms with E-state index < -0.39 is 0 Å². The molecule has 0 bridgehead atoms. The first-order chi connectivity index (χ1) is 9.59. The minimum absolute atomic E-state index is 0.172. The number of rotatable bonds is 5. The second kappa shape index (κ2) is 7.02. The summed E-state index contributed by atoms with van der Waals surface area (Å²) in [7, 11) is 1.97. The molecule has 0 unspecified atom stereocenters. The molecule has 1 aromatic heterocycles. The van der Waals surface area contributed by atoms with Crippen LogP contribution >= 0.6 is 0 Å². The van der Waals surface area contributed by atoms with E-state index in [0.29, 0.717) is 30.0 Å². The van der Waals surface area contributed by atoms with Crippen LogP contribution in [0.3, 0.4) is 0 Å². The predicted octanol–water partition coefficient (Wildman–Crippen LogP) is 3.49. The Morgan fingerprint density at radius 3 is 2.70 bits per heavy atom. The lowest BCUT2D eigenvalue weighted by molar-refractivity contribution is 0.421. The summed E-state index contributed by atoms with van der Waals surface area (Å²) in [6.07, 6.45) is 7.79. The Morgan fingerprint density at radius 2 is 2.05 bits per heavy atom. The fourth-order valence-electron chi connectivity index (χ4n) is 2.81. The zero-order valence-corrected chi connectivity index (χ0v) is 12.8. The van der Waals surface area contributed by atoms with Crippen molar-refractivity contribution in [1.82, 2.24) is 10.3 Å². The Hall–Kier alpha value is -1.16. The number of nitrogens with one attached hydrogen (secondary N) is 1. The molecule has 1 heterocycles. The molecule has 3 nitrogen and oxygen atoms in total. The third kappa shape index (κ3) is 3.69. The molecule has 1 saturated carbocycles. The van der Waals surface area contributed by atoms with Gasteiger partial charge in [-0.05, 0) is 18.9 Å². The Balaban J connectivity index is 2.12. The van der Waals surface area contributed by atoms with Crippen molar-refractivity contribution in [3.05, 3.63) is 23.6 Å². The molecule has 0 aromatic carbocycles. The van der Waals surface area contributed by atoms with E-state index in [9.17, 15) is 4.39 Å². The molecular weight excluding hydrogens is 253 g/mol. The molecule has 0 spiro atoms. The van der Waals surface area contributed by atoms with Gasteiger partial charge in [-0.15, -0.1) is 0 Å². The van der Waals surface area contributed by atoms with E-state index in [1.54, 1.807) is 12.3 Å². The number of aromatic nitrogens is 1. The highest BCUT2D eigenvalue weighted by atomic mass is 19.1. The van der Waals surface area contributed by atoms with Gasteiger partial charge in [0.05, 0.1) is 0 Å². The Kier molecular flexibility index (Phi) is 5.35. The molecule has 0 radical (unpaired) electrons. The normalized spacial score (nSPS) is 16.6. The molecule has 1 fully saturated rings. The van der Waals surface area contributed by atoms with Crippen LogP contribution in [0.4, 0.5) is 10.2 Å². The number of hydrogen-bond acceptors (Lipinski definition) is 3. The van der Waals surface area contributed by atoms with Crippen LogP contribution in [0.25, 0.3) is 0 Å². The molecule has 112 valence electrons. The highest BCUT2D eigenvalue weighted by Gasteiger charge is 2.22. The summed E-state index contributed by atoms with van der Waals surface area (Å²) >= 11 is 0. The van der Waals surface area contributed by atoms with E-state index in [1.807, 2.05) is 11.9 Å². The monoisotopic (exact) mass is 279 g/mol. The van der Waals surface area contributed by atoms with Crippen LogP contribution < -0.4 is 10.2 Å². The van der Waals surface area contributed by atoms with Gasteiger partial charge in [0.25, 0.3) is 0 Å². The van der Waals surface area contributed by atoms with Crippen molar-refractivity contribution in [2.75, 3.05) is 11.9 Å². The maximum Gasteiger partial charge on any atom is 0.170 e. The molecular formula is C16H26FN3. The molecule has 0 aliphatic heterocycles. The van der Waals surface area contributed by atoms with Crippen LogP contribution in [0.1, 0.15) is 51.5 Å². The second-order valence-electron chi connectivity index (χ2n) is 6.05. The standard InChI is InChI=1S/C16H26FN3/c1-12(2)19-11-13-9-10-18-16(15(13)17)20(3)14-7-5-4-6-8-14/h9-10,12,14,19H,4-8,11H2,1-3H3. The van der Waals surface area contributed by atoms with Gasteiger partial charge in [-0.3, -0.25) is 0 Å². The second-order valence-corrected chi connectivity index (χ2v) is 6.05. The van der Waals surface area contributed by atoms with E-state index in [-0.39, 0.29) is 5.82 Å². The molecule has 1 aliphatic carbocycles. The van der Waals surface area contributed by atoms with Gasteiger partial charge in [0.15, 0.2) is 11.6 Å². The van der Waals surface area contributed by atoms with Gasteiger partial charge in [0.1, 0.15) is 0 Å². The summed E-state index contributed by atoms with van der Waals surface area (Å²) in [6, 6.07) is 2.55. The van der Waals surface area contributed by atoms with Crippen LogP contribution in [-0.4, -0.2) is 24.1 Å². The van der Waals surface area contributed by atoms with Gasteiger partial charge in [-0.2, -0.15) is 0 Å². The highest BCUT2D eigenvalue weighted by Crippen LogP contribution is 2.27. The number of pyridine rings is 1. The van der Waals surface area contributed by atoms with E-state index in [4.69, 9.17) is 0 Å². The molecule has 2 rings (SSSR count).